The third-order valence-electron chi connectivity index (χ3n) is 2.39. The highest BCUT2D eigenvalue weighted by Crippen LogP contribution is 2.15. The second-order valence-corrected chi connectivity index (χ2v) is 5.13. The van der Waals surface area contributed by atoms with E-state index in [1.807, 2.05) is 0 Å². The lowest BCUT2D eigenvalue weighted by molar-refractivity contribution is -0.172. The van der Waals surface area contributed by atoms with Crippen molar-refractivity contribution in [3.63, 3.8) is 0 Å². The Bertz CT molecular complexity index is 359. The van der Waals surface area contributed by atoms with Crippen LogP contribution in [0.5, 0.6) is 0 Å². The Kier molecular flexibility index (Phi) is 3.45. The average molecular weight is 242 g/mol. The first-order valence-corrected chi connectivity index (χ1v) is 5.37. The van der Waals surface area contributed by atoms with Gasteiger partial charge in [0.2, 0.25) is 11.9 Å². The standard InChI is InChI=1S/C11H18N2O4/c1-11(2,3)17-10(16)8-9(15)12(4)6-7(14)13(8)5/h8H,6H2,1-5H3. The van der Waals surface area contributed by atoms with E-state index in [1.54, 1.807) is 20.8 Å². The summed E-state index contributed by atoms with van der Waals surface area (Å²) in [7, 11) is 2.92. The highest BCUT2D eigenvalue weighted by Gasteiger charge is 2.42. The van der Waals surface area contributed by atoms with E-state index in [-0.39, 0.29) is 12.5 Å². The van der Waals surface area contributed by atoms with Gasteiger partial charge in [-0.1, -0.05) is 0 Å². The van der Waals surface area contributed by atoms with Crippen LogP contribution in [0.25, 0.3) is 0 Å². The number of piperazine rings is 1. The van der Waals surface area contributed by atoms with E-state index < -0.39 is 23.5 Å². The van der Waals surface area contributed by atoms with Crippen molar-refractivity contribution in [1.82, 2.24) is 9.80 Å². The third kappa shape index (κ3) is 2.95. The average Bonchev–Trinajstić information content (AvgIpc) is 2.12. The van der Waals surface area contributed by atoms with Gasteiger partial charge in [0.15, 0.2) is 0 Å². The summed E-state index contributed by atoms with van der Waals surface area (Å²) in [5, 5.41) is 0. The molecule has 1 saturated heterocycles. The van der Waals surface area contributed by atoms with Gasteiger partial charge in [-0.15, -0.1) is 0 Å². The summed E-state index contributed by atoms with van der Waals surface area (Å²) in [5.74, 6) is -1.38. The molecule has 0 aromatic heterocycles. The molecule has 0 aliphatic carbocycles. The number of carbonyl (C=O) groups is 3. The van der Waals surface area contributed by atoms with E-state index in [1.165, 1.54) is 19.0 Å². The second kappa shape index (κ2) is 4.35. The van der Waals surface area contributed by atoms with Crippen molar-refractivity contribution in [2.75, 3.05) is 20.6 Å². The zero-order chi connectivity index (χ0) is 13.4. The predicted octanol–water partition coefficient (Wildman–Crippen LogP) is -0.373. The molecule has 0 N–H and O–H groups in total. The lowest BCUT2D eigenvalue weighted by Gasteiger charge is -2.36. The Labute approximate surface area is 101 Å². The smallest absolute Gasteiger partial charge is 0.339 e. The third-order valence-corrected chi connectivity index (χ3v) is 2.39. The zero-order valence-electron chi connectivity index (χ0n) is 10.8. The molecule has 0 saturated carbocycles. The molecule has 0 radical (unpaired) electrons. The number of ether oxygens (including phenoxy) is 1. The summed E-state index contributed by atoms with van der Waals surface area (Å²) < 4.78 is 5.13. The molecule has 1 unspecified atom stereocenters. The van der Waals surface area contributed by atoms with Crippen LogP contribution in [-0.2, 0) is 19.1 Å². The van der Waals surface area contributed by atoms with Crippen molar-refractivity contribution < 1.29 is 19.1 Å². The van der Waals surface area contributed by atoms with Gasteiger partial charge in [-0.2, -0.15) is 0 Å². The highest BCUT2D eigenvalue weighted by atomic mass is 16.6. The van der Waals surface area contributed by atoms with Crippen LogP contribution in [0.3, 0.4) is 0 Å². The molecule has 0 bridgehead atoms. The van der Waals surface area contributed by atoms with Gasteiger partial charge in [0.25, 0.3) is 5.91 Å². The molecule has 96 valence electrons. The Morgan fingerprint density at radius 2 is 1.82 bits per heavy atom. The van der Waals surface area contributed by atoms with Crippen molar-refractivity contribution in [3.8, 4) is 0 Å². The molecule has 6 heteroatoms. The SMILES string of the molecule is CN1CC(=O)N(C)C(C(=O)OC(C)(C)C)C1=O. The van der Waals surface area contributed by atoms with Crippen molar-refractivity contribution in [3.05, 3.63) is 0 Å². The van der Waals surface area contributed by atoms with E-state index >= 15 is 0 Å². The highest BCUT2D eigenvalue weighted by molar-refractivity contribution is 6.08. The minimum absolute atomic E-state index is 0.00533. The molecule has 0 aromatic rings. The summed E-state index contributed by atoms with van der Waals surface area (Å²) >= 11 is 0. The fourth-order valence-electron chi connectivity index (χ4n) is 1.53. The molecule has 1 rings (SSSR count). The summed E-state index contributed by atoms with van der Waals surface area (Å²) in [6.45, 7) is 5.13. The van der Waals surface area contributed by atoms with Crippen LogP contribution in [-0.4, -0.2) is 59.9 Å². The second-order valence-electron chi connectivity index (χ2n) is 5.13. The van der Waals surface area contributed by atoms with Crippen LogP contribution in [0.4, 0.5) is 0 Å². The molecule has 0 spiro atoms. The first-order chi connectivity index (χ1) is 7.63. The van der Waals surface area contributed by atoms with E-state index in [0.717, 1.165) is 4.90 Å². The molecule has 17 heavy (non-hydrogen) atoms. The van der Waals surface area contributed by atoms with Gasteiger partial charge in [-0.05, 0) is 20.8 Å². The molecule has 1 heterocycles. The maximum Gasteiger partial charge on any atom is 0.339 e. The Morgan fingerprint density at radius 1 is 1.29 bits per heavy atom. The number of amides is 2. The number of esters is 1. The van der Waals surface area contributed by atoms with Crippen LogP contribution in [0.1, 0.15) is 20.8 Å². The van der Waals surface area contributed by atoms with Crippen molar-refractivity contribution in [1.29, 1.82) is 0 Å². The van der Waals surface area contributed by atoms with Crippen molar-refractivity contribution >= 4 is 17.8 Å². The van der Waals surface area contributed by atoms with Crippen molar-refractivity contribution in [2.45, 2.75) is 32.4 Å². The Hall–Kier alpha value is -1.59. The van der Waals surface area contributed by atoms with Gasteiger partial charge in [0.1, 0.15) is 5.60 Å². The summed E-state index contributed by atoms with van der Waals surface area (Å²) in [5.41, 5.74) is -0.683. The fourth-order valence-corrected chi connectivity index (χ4v) is 1.53. The summed E-state index contributed by atoms with van der Waals surface area (Å²) in [4.78, 5) is 37.6. The molecule has 1 aliphatic heterocycles. The lowest BCUT2D eigenvalue weighted by Crippen LogP contribution is -2.61. The van der Waals surface area contributed by atoms with E-state index in [4.69, 9.17) is 4.74 Å². The predicted molar refractivity (Wildman–Crippen MR) is 60.0 cm³/mol. The maximum absolute atomic E-state index is 11.9. The fraction of sp³-hybridized carbons (Fsp3) is 0.727. The van der Waals surface area contributed by atoms with Gasteiger partial charge < -0.3 is 14.5 Å². The van der Waals surface area contributed by atoms with E-state index in [0.29, 0.717) is 0 Å². The molecular weight excluding hydrogens is 224 g/mol. The van der Waals surface area contributed by atoms with Gasteiger partial charge in [0, 0.05) is 14.1 Å². The molecule has 1 atom stereocenters. The molecule has 6 nitrogen and oxygen atoms in total. The van der Waals surface area contributed by atoms with Crippen molar-refractivity contribution in [2.24, 2.45) is 0 Å². The quantitative estimate of drug-likeness (QED) is 0.464. The van der Waals surface area contributed by atoms with Gasteiger partial charge in [-0.25, -0.2) is 4.79 Å². The Morgan fingerprint density at radius 3 is 2.29 bits per heavy atom. The number of hydrogen-bond donors (Lipinski definition) is 0. The maximum atomic E-state index is 11.9. The number of hydrogen-bond acceptors (Lipinski definition) is 4. The Balaban J connectivity index is 2.89. The topological polar surface area (TPSA) is 66.9 Å². The van der Waals surface area contributed by atoms with Crippen LogP contribution in [0.15, 0.2) is 0 Å². The minimum Gasteiger partial charge on any atom is -0.458 e. The van der Waals surface area contributed by atoms with Crippen LogP contribution < -0.4 is 0 Å². The molecule has 1 aliphatic rings. The number of rotatable bonds is 1. The number of carbonyl (C=O) groups excluding carboxylic acids is 3. The van der Waals surface area contributed by atoms with Crippen LogP contribution in [0.2, 0.25) is 0 Å². The lowest BCUT2D eigenvalue weighted by atomic mass is 10.1. The number of nitrogens with zero attached hydrogens (tertiary/aromatic N) is 2. The van der Waals surface area contributed by atoms with Gasteiger partial charge in [-0.3, -0.25) is 9.59 Å². The largest absolute Gasteiger partial charge is 0.458 e. The zero-order valence-corrected chi connectivity index (χ0v) is 10.8. The van der Waals surface area contributed by atoms with Crippen LogP contribution in [0, 0.1) is 0 Å². The van der Waals surface area contributed by atoms with Gasteiger partial charge >= 0.3 is 5.97 Å². The monoisotopic (exact) mass is 242 g/mol. The van der Waals surface area contributed by atoms with E-state index in [2.05, 4.69) is 0 Å². The van der Waals surface area contributed by atoms with Gasteiger partial charge in [0.05, 0.1) is 6.54 Å². The normalized spacial score (nSPS) is 21.8. The molecule has 0 aromatic carbocycles. The van der Waals surface area contributed by atoms with Crippen LogP contribution >= 0.6 is 0 Å². The first-order valence-electron chi connectivity index (χ1n) is 5.37. The molecule has 1 fully saturated rings. The first kappa shape index (κ1) is 13.5. The summed E-state index contributed by atoms with van der Waals surface area (Å²) in [6, 6.07) is -1.17. The minimum atomic E-state index is -1.17. The summed E-state index contributed by atoms with van der Waals surface area (Å²) in [6.07, 6.45) is 0. The number of likely N-dealkylation sites (N-methyl/N-ethyl adjacent to an activating group) is 2. The molecular formula is C11H18N2O4. The van der Waals surface area contributed by atoms with E-state index in [9.17, 15) is 14.4 Å². The molecule has 2 amide bonds.